The van der Waals surface area contributed by atoms with E-state index in [1.807, 2.05) is 61.5 Å². The number of aryl methyl sites for hydroxylation is 1. The van der Waals surface area contributed by atoms with Crippen LogP contribution in [-0.4, -0.2) is 25.7 Å². The van der Waals surface area contributed by atoms with Gasteiger partial charge in [0.25, 0.3) is 0 Å². The van der Waals surface area contributed by atoms with Crippen molar-refractivity contribution in [2.45, 2.75) is 46.1 Å². The summed E-state index contributed by atoms with van der Waals surface area (Å²) < 4.78 is 8.20. The Morgan fingerprint density at radius 1 is 1.13 bits per heavy atom. The molecule has 2 atom stereocenters. The van der Waals surface area contributed by atoms with E-state index >= 15 is 0 Å². The molecule has 5 aromatic rings. The Labute approximate surface area is 245 Å². The average Bonchev–Trinajstić information content (AvgIpc) is 3.44. The summed E-state index contributed by atoms with van der Waals surface area (Å²) in [6, 6.07) is 17.2. The standard InChI is InChI=1S/C28H26N4O3S.CH4.2H2S/c1-16-13-20(35-19-5-3-2-4-6-19)9-10-21(16)32-22-11-12-30-27-24(22)25(31-28(32)34)26(36-27)23(33)15-17-7-8-18(29)14-17;;;/h2-6,9-13,17-18,33H,7-8,14-15,29H2,1H3;1H4;2*1H2/t17-,18-;;;/m0.../s1. The summed E-state index contributed by atoms with van der Waals surface area (Å²) in [6.07, 6.45) is 5.12. The van der Waals surface area contributed by atoms with Crippen LogP contribution in [-0.2, 0) is 0 Å². The summed E-state index contributed by atoms with van der Waals surface area (Å²) >= 11 is 1.38. The average molecular weight is 583 g/mol. The SMILES string of the molecule is C.Cc1cc(Oc2ccccc2)ccc1-n1c(=O)nc2c(=C(O)C[C@H]3CC[C@H](N)C3)sc3nccc1c32.S.S. The van der Waals surface area contributed by atoms with Crippen LogP contribution < -0.4 is 20.7 Å². The lowest BCUT2D eigenvalue weighted by atomic mass is 10.0. The van der Waals surface area contributed by atoms with Gasteiger partial charge in [0.05, 0.1) is 21.1 Å². The number of para-hydroxylation sites is 1. The molecule has 3 aromatic heterocycles. The summed E-state index contributed by atoms with van der Waals surface area (Å²) in [7, 11) is 0. The number of nitrogens with zero attached hydrogens (tertiary/aromatic N) is 3. The Hall–Kier alpha value is -3.05. The first-order valence-electron chi connectivity index (χ1n) is 12.1. The number of benzene rings is 2. The van der Waals surface area contributed by atoms with Crippen molar-refractivity contribution < 1.29 is 9.84 Å². The smallest absolute Gasteiger partial charge is 0.353 e. The van der Waals surface area contributed by atoms with Gasteiger partial charge in [0.15, 0.2) is 0 Å². The third kappa shape index (κ3) is 5.79. The molecule has 1 aliphatic carbocycles. The molecule has 0 aliphatic heterocycles. The minimum Gasteiger partial charge on any atom is -0.511 e. The molecule has 3 N–H and O–H groups in total. The van der Waals surface area contributed by atoms with Crippen LogP contribution >= 0.6 is 38.3 Å². The number of aliphatic hydroxyl groups is 1. The second kappa shape index (κ2) is 12.4. The van der Waals surface area contributed by atoms with E-state index in [0.29, 0.717) is 33.7 Å². The monoisotopic (exact) mass is 582 g/mol. The number of thiophene rings is 1. The van der Waals surface area contributed by atoms with Gasteiger partial charge in [-0.1, -0.05) is 25.6 Å². The topological polar surface area (TPSA) is 103 Å². The van der Waals surface area contributed by atoms with Gasteiger partial charge >= 0.3 is 5.69 Å². The summed E-state index contributed by atoms with van der Waals surface area (Å²) in [5.41, 5.74) is 8.49. The molecule has 1 aliphatic rings. The summed E-state index contributed by atoms with van der Waals surface area (Å²) in [4.78, 5) is 23.1. The van der Waals surface area contributed by atoms with Gasteiger partial charge in [0.1, 0.15) is 27.6 Å². The first kappa shape index (κ1) is 30.5. The van der Waals surface area contributed by atoms with E-state index < -0.39 is 5.69 Å². The van der Waals surface area contributed by atoms with Crippen LogP contribution in [0.4, 0.5) is 0 Å². The van der Waals surface area contributed by atoms with E-state index in [4.69, 9.17) is 10.5 Å². The summed E-state index contributed by atoms with van der Waals surface area (Å²) in [5, 5.41) is 11.8. The van der Waals surface area contributed by atoms with Crippen LogP contribution in [0.3, 0.4) is 0 Å². The number of aliphatic hydroxyl groups excluding tert-OH is 1. The molecule has 1 saturated carbocycles. The fourth-order valence-electron chi connectivity index (χ4n) is 5.19. The van der Waals surface area contributed by atoms with Crippen LogP contribution in [0, 0.1) is 12.8 Å². The maximum absolute atomic E-state index is 13.4. The molecule has 7 nitrogen and oxygen atoms in total. The van der Waals surface area contributed by atoms with Gasteiger partial charge in [-0.05, 0) is 74.1 Å². The van der Waals surface area contributed by atoms with Gasteiger partial charge in [-0.15, -0.1) is 11.3 Å². The molecule has 2 aromatic carbocycles. The lowest BCUT2D eigenvalue weighted by molar-refractivity contribution is 0.431. The lowest BCUT2D eigenvalue weighted by Crippen LogP contribution is -2.24. The zero-order valence-electron chi connectivity index (χ0n) is 20.8. The van der Waals surface area contributed by atoms with Gasteiger partial charge in [-0.25, -0.2) is 9.78 Å². The molecular weight excluding hydrogens is 549 g/mol. The lowest BCUT2D eigenvalue weighted by Gasteiger charge is -2.14. The highest BCUT2D eigenvalue weighted by atomic mass is 32.1. The molecule has 206 valence electrons. The molecule has 0 saturated heterocycles. The second-order valence-corrected chi connectivity index (χ2v) is 10.5. The van der Waals surface area contributed by atoms with Crippen LogP contribution in [0.5, 0.6) is 11.5 Å². The predicted molar refractivity (Wildman–Crippen MR) is 170 cm³/mol. The molecule has 0 spiro atoms. The van der Waals surface area contributed by atoms with E-state index in [-0.39, 0.29) is 46.2 Å². The molecule has 0 bridgehead atoms. The number of hydrogen-bond acceptors (Lipinski definition) is 7. The van der Waals surface area contributed by atoms with Gasteiger partial charge in [-0.3, -0.25) is 4.57 Å². The van der Waals surface area contributed by atoms with Crippen molar-refractivity contribution in [3.63, 3.8) is 0 Å². The first-order valence-corrected chi connectivity index (χ1v) is 12.9. The number of hydrogen-bond donors (Lipinski definition) is 2. The third-order valence-electron chi connectivity index (χ3n) is 6.90. The third-order valence-corrected chi connectivity index (χ3v) is 8.03. The quantitative estimate of drug-likeness (QED) is 0.269. The van der Waals surface area contributed by atoms with Crippen LogP contribution in [0.1, 0.15) is 38.7 Å². The Kier molecular flexibility index (Phi) is 9.71. The number of pyridine rings is 1. The Morgan fingerprint density at radius 3 is 2.59 bits per heavy atom. The van der Waals surface area contributed by atoms with Crippen molar-refractivity contribution in [3.05, 3.63) is 81.4 Å². The fourth-order valence-corrected chi connectivity index (χ4v) is 6.25. The first-order chi connectivity index (χ1) is 17.5. The minimum atomic E-state index is -0.398. The fraction of sp³-hybridized carbons (Fsp3) is 0.276. The molecule has 3 heterocycles. The Bertz CT molecular complexity index is 1700. The predicted octanol–water partition coefficient (Wildman–Crippen LogP) is 5.86. The number of rotatable bonds is 5. The van der Waals surface area contributed by atoms with Gasteiger partial charge in [-0.2, -0.15) is 32.0 Å². The van der Waals surface area contributed by atoms with E-state index in [1.54, 1.807) is 10.8 Å². The van der Waals surface area contributed by atoms with Gasteiger partial charge in [0.2, 0.25) is 0 Å². The van der Waals surface area contributed by atoms with Gasteiger partial charge < -0.3 is 15.6 Å². The Morgan fingerprint density at radius 2 is 1.90 bits per heavy atom. The van der Waals surface area contributed by atoms with Crippen molar-refractivity contribution in [1.29, 1.82) is 0 Å². The highest BCUT2D eigenvalue weighted by Gasteiger charge is 2.24. The van der Waals surface area contributed by atoms with E-state index in [9.17, 15) is 9.90 Å². The highest BCUT2D eigenvalue weighted by Crippen LogP contribution is 2.32. The zero-order chi connectivity index (χ0) is 24.8. The molecule has 0 unspecified atom stereocenters. The van der Waals surface area contributed by atoms with Crippen molar-refractivity contribution in [3.8, 4) is 17.2 Å². The highest BCUT2D eigenvalue weighted by molar-refractivity contribution is 7.59. The van der Waals surface area contributed by atoms with Gasteiger partial charge in [0, 0.05) is 18.7 Å². The van der Waals surface area contributed by atoms with Crippen LogP contribution in [0.25, 0.3) is 32.7 Å². The van der Waals surface area contributed by atoms with Crippen molar-refractivity contribution in [2.24, 2.45) is 11.7 Å². The van der Waals surface area contributed by atoms with Crippen LogP contribution in [0.15, 0.2) is 65.6 Å². The molecule has 0 radical (unpaired) electrons. The molecule has 10 heteroatoms. The van der Waals surface area contributed by atoms with Crippen molar-refractivity contribution in [1.82, 2.24) is 14.5 Å². The van der Waals surface area contributed by atoms with E-state index in [2.05, 4.69) is 9.97 Å². The maximum Gasteiger partial charge on any atom is 0.353 e. The number of ether oxygens (including phenoxy) is 1. The van der Waals surface area contributed by atoms with Crippen LogP contribution in [0.2, 0.25) is 0 Å². The maximum atomic E-state index is 13.4. The molecular formula is C29H34N4O3S3. The van der Waals surface area contributed by atoms with E-state index in [0.717, 1.165) is 46.5 Å². The summed E-state index contributed by atoms with van der Waals surface area (Å²) in [5.74, 6) is 2.05. The number of aromatic nitrogens is 3. The molecule has 1 fully saturated rings. The molecule has 0 amide bonds. The van der Waals surface area contributed by atoms with Crippen molar-refractivity contribution >= 4 is 65.3 Å². The minimum absolute atomic E-state index is 0. The Balaban J connectivity index is 0.00000140. The number of nitrogens with two attached hydrogens (primary N) is 1. The zero-order valence-corrected chi connectivity index (χ0v) is 23.7. The molecule has 6 rings (SSSR count). The largest absolute Gasteiger partial charge is 0.511 e. The second-order valence-electron chi connectivity index (χ2n) is 9.47. The van der Waals surface area contributed by atoms with E-state index in [1.165, 1.54) is 11.3 Å². The summed E-state index contributed by atoms with van der Waals surface area (Å²) in [6.45, 7) is 1.94. The molecule has 39 heavy (non-hydrogen) atoms. The van der Waals surface area contributed by atoms with Crippen molar-refractivity contribution in [2.75, 3.05) is 0 Å². The normalized spacial score (nSPS) is 17.3.